The Morgan fingerprint density at radius 1 is 1.41 bits per heavy atom. The van der Waals surface area contributed by atoms with E-state index in [4.69, 9.17) is 11.5 Å². The highest BCUT2D eigenvalue weighted by molar-refractivity contribution is 5.87. The van der Waals surface area contributed by atoms with Crippen molar-refractivity contribution < 1.29 is 9.59 Å². The second-order valence-corrected chi connectivity index (χ2v) is 4.43. The number of nitrogens with one attached hydrogen (secondary N) is 1. The molecule has 5 N–H and O–H groups in total. The summed E-state index contributed by atoms with van der Waals surface area (Å²) in [6.45, 7) is 0.580. The van der Waals surface area contributed by atoms with Crippen LogP contribution < -0.4 is 16.8 Å². The van der Waals surface area contributed by atoms with Crippen LogP contribution in [0.25, 0.3) is 0 Å². The molecule has 0 aromatic rings. The second kappa shape index (κ2) is 7.06. The number of carbonyl (C=O) groups is 2. The highest BCUT2D eigenvalue weighted by Crippen LogP contribution is 2.19. The molecule has 0 aromatic heterocycles. The molecule has 1 rings (SSSR count). The molecule has 0 heterocycles. The van der Waals surface area contributed by atoms with Crippen LogP contribution in [0.2, 0.25) is 0 Å². The first-order chi connectivity index (χ1) is 8.09. The van der Waals surface area contributed by atoms with Gasteiger partial charge in [-0.2, -0.15) is 0 Å². The molecular weight excluding hydrogens is 218 g/mol. The van der Waals surface area contributed by atoms with Crippen LogP contribution in [0.4, 0.5) is 0 Å². The van der Waals surface area contributed by atoms with E-state index >= 15 is 0 Å². The van der Waals surface area contributed by atoms with Gasteiger partial charge in [-0.15, -0.1) is 0 Å². The Hall–Kier alpha value is -1.36. The zero-order chi connectivity index (χ0) is 12.7. The van der Waals surface area contributed by atoms with E-state index in [-0.39, 0.29) is 12.3 Å². The third-order valence-electron chi connectivity index (χ3n) is 2.89. The van der Waals surface area contributed by atoms with Crippen molar-refractivity contribution in [1.82, 2.24) is 5.32 Å². The Morgan fingerprint density at radius 2 is 2.18 bits per heavy atom. The van der Waals surface area contributed by atoms with Gasteiger partial charge in [0.05, 0.1) is 12.5 Å². The van der Waals surface area contributed by atoms with Crippen LogP contribution in [0.5, 0.6) is 0 Å². The van der Waals surface area contributed by atoms with E-state index in [1.165, 1.54) is 18.4 Å². The normalized spacial score (nSPS) is 17.1. The maximum absolute atomic E-state index is 11.5. The summed E-state index contributed by atoms with van der Waals surface area (Å²) in [4.78, 5) is 22.0. The van der Waals surface area contributed by atoms with Crippen molar-refractivity contribution in [1.29, 1.82) is 0 Å². The van der Waals surface area contributed by atoms with Gasteiger partial charge in [0.2, 0.25) is 11.8 Å². The predicted molar refractivity (Wildman–Crippen MR) is 66.0 cm³/mol. The standard InChI is InChI=1S/C12H21N3O2/c13-10(8-11(14)16)12(17)15-7-6-9-4-2-1-3-5-9/h4,10H,1-3,5-8,13H2,(H2,14,16)(H,15,17). The molecule has 0 aromatic carbocycles. The largest absolute Gasteiger partial charge is 0.370 e. The number of allylic oxidation sites excluding steroid dienone is 1. The summed E-state index contributed by atoms with van der Waals surface area (Å²) in [7, 11) is 0. The van der Waals surface area contributed by atoms with Crippen LogP contribution in [0.1, 0.15) is 38.5 Å². The first kappa shape index (κ1) is 13.7. The molecule has 0 aliphatic heterocycles. The van der Waals surface area contributed by atoms with Crippen LogP contribution in [-0.2, 0) is 9.59 Å². The van der Waals surface area contributed by atoms with E-state index in [1.54, 1.807) is 0 Å². The number of primary amides is 1. The van der Waals surface area contributed by atoms with Crippen LogP contribution in [0.3, 0.4) is 0 Å². The third kappa shape index (κ3) is 5.49. The highest BCUT2D eigenvalue weighted by Gasteiger charge is 2.15. The molecular formula is C12H21N3O2. The van der Waals surface area contributed by atoms with Crippen molar-refractivity contribution in [3.05, 3.63) is 11.6 Å². The number of hydrogen-bond acceptors (Lipinski definition) is 3. The lowest BCUT2D eigenvalue weighted by Crippen LogP contribution is -2.43. The molecule has 17 heavy (non-hydrogen) atoms. The summed E-state index contributed by atoms with van der Waals surface area (Å²) < 4.78 is 0. The summed E-state index contributed by atoms with van der Waals surface area (Å²) in [5, 5.41) is 2.72. The molecule has 0 saturated carbocycles. The van der Waals surface area contributed by atoms with Crippen molar-refractivity contribution in [3.8, 4) is 0 Å². The Bertz CT molecular complexity index is 313. The van der Waals surface area contributed by atoms with Gasteiger partial charge >= 0.3 is 0 Å². The van der Waals surface area contributed by atoms with Gasteiger partial charge in [0, 0.05) is 6.54 Å². The molecule has 0 bridgehead atoms. The predicted octanol–water partition coefficient (Wildman–Crippen LogP) is 0.196. The van der Waals surface area contributed by atoms with Crippen LogP contribution in [-0.4, -0.2) is 24.4 Å². The lowest BCUT2D eigenvalue weighted by atomic mass is 9.97. The smallest absolute Gasteiger partial charge is 0.237 e. The summed E-state index contributed by atoms with van der Waals surface area (Å²) in [5.41, 5.74) is 11.9. The lowest BCUT2D eigenvalue weighted by Gasteiger charge is -2.14. The first-order valence-electron chi connectivity index (χ1n) is 6.09. The van der Waals surface area contributed by atoms with Gasteiger partial charge in [0.25, 0.3) is 0 Å². The summed E-state index contributed by atoms with van der Waals surface area (Å²) in [5.74, 6) is -0.858. The van der Waals surface area contributed by atoms with E-state index in [0.717, 1.165) is 19.3 Å². The SMILES string of the molecule is NC(=O)CC(N)C(=O)NCCC1=CCCCC1. The molecule has 1 atom stereocenters. The van der Waals surface area contributed by atoms with Gasteiger partial charge in [-0.1, -0.05) is 11.6 Å². The molecule has 0 fully saturated rings. The number of carbonyl (C=O) groups excluding carboxylic acids is 2. The van der Waals surface area contributed by atoms with Crippen molar-refractivity contribution >= 4 is 11.8 Å². The Morgan fingerprint density at radius 3 is 2.76 bits per heavy atom. The fourth-order valence-electron chi connectivity index (χ4n) is 1.92. The van der Waals surface area contributed by atoms with E-state index in [1.807, 2.05) is 0 Å². The quantitative estimate of drug-likeness (QED) is 0.577. The molecule has 1 unspecified atom stereocenters. The third-order valence-corrected chi connectivity index (χ3v) is 2.89. The molecule has 5 heteroatoms. The van der Waals surface area contributed by atoms with Crippen LogP contribution in [0, 0.1) is 0 Å². The van der Waals surface area contributed by atoms with Crippen molar-refractivity contribution in [2.24, 2.45) is 11.5 Å². The molecule has 96 valence electrons. The van der Waals surface area contributed by atoms with Crippen molar-refractivity contribution in [3.63, 3.8) is 0 Å². The zero-order valence-electron chi connectivity index (χ0n) is 10.1. The van der Waals surface area contributed by atoms with Gasteiger partial charge in [-0.25, -0.2) is 0 Å². The molecule has 0 saturated heterocycles. The Balaban J connectivity index is 2.19. The summed E-state index contributed by atoms with van der Waals surface area (Å²) >= 11 is 0. The topological polar surface area (TPSA) is 98.2 Å². The van der Waals surface area contributed by atoms with Gasteiger partial charge in [0.15, 0.2) is 0 Å². The molecule has 0 spiro atoms. The first-order valence-corrected chi connectivity index (χ1v) is 6.09. The molecule has 0 radical (unpaired) electrons. The minimum absolute atomic E-state index is 0.103. The number of nitrogens with two attached hydrogens (primary N) is 2. The minimum Gasteiger partial charge on any atom is -0.370 e. The second-order valence-electron chi connectivity index (χ2n) is 4.43. The lowest BCUT2D eigenvalue weighted by molar-refractivity contribution is -0.126. The van der Waals surface area contributed by atoms with Gasteiger partial charge in [0.1, 0.15) is 0 Å². The Kier molecular flexibility index (Phi) is 5.69. The van der Waals surface area contributed by atoms with Gasteiger partial charge in [-0.3, -0.25) is 9.59 Å². The maximum atomic E-state index is 11.5. The Labute approximate surface area is 102 Å². The molecule has 2 amide bonds. The maximum Gasteiger partial charge on any atom is 0.237 e. The molecule has 1 aliphatic carbocycles. The van der Waals surface area contributed by atoms with E-state index in [2.05, 4.69) is 11.4 Å². The summed E-state index contributed by atoms with van der Waals surface area (Å²) in [6, 6.07) is -0.826. The van der Waals surface area contributed by atoms with Gasteiger partial charge in [-0.05, 0) is 32.1 Å². The fourth-order valence-corrected chi connectivity index (χ4v) is 1.92. The van der Waals surface area contributed by atoms with E-state index < -0.39 is 11.9 Å². The number of rotatable bonds is 6. The van der Waals surface area contributed by atoms with Crippen LogP contribution >= 0.6 is 0 Å². The van der Waals surface area contributed by atoms with Crippen LogP contribution in [0.15, 0.2) is 11.6 Å². The summed E-state index contributed by atoms with van der Waals surface area (Å²) in [6.07, 6.45) is 7.79. The van der Waals surface area contributed by atoms with Gasteiger partial charge < -0.3 is 16.8 Å². The molecule has 5 nitrogen and oxygen atoms in total. The number of hydrogen-bond donors (Lipinski definition) is 3. The van der Waals surface area contributed by atoms with Crippen molar-refractivity contribution in [2.75, 3.05) is 6.54 Å². The average molecular weight is 239 g/mol. The molecule has 1 aliphatic rings. The van der Waals surface area contributed by atoms with E-state index in [0.29, 0.717) is 6.54 Å². The zero-order valence-corrected chi connectivity index (χ0v) is 10.1. The average Bonchev–Trinajstić information content (AvgIpc) is 2.29. The minimum atomic E-state index is -0.826. The van der Waals surface area contributed by atoms with E-state index in [9.17, 15) is 9.59 Å². The monoisotopic (exact) mass is 239 g/mol. The highest BCUT2D eigenvalue weighted by atomic mass is 16.2. The number of amides is 2. The fraction of sp³-hybridized carbons (Fsp3) is 0.667. The van der Waals surface area contributed by atoms with Crippen molar-refractivity contribution in [2.45, 2.75) is 44.6 Å².